The summed E-state index contributed by atoms with van der Waals surface area (Å²) in [6.45, 7) is 3.26. The van der Waals surface area contributed by atoms with Crippen molar-refractivity contribution in [1.29, 1.82) is 0 Å². The molecule has 2 atom stereocenters. The van der Waals surface area contributed by atoms with Gasteiger partial charge in [0.05, 0.1) is 18.8 Å². The molecule has 2 aromatic carbocycles. The Labute approximate surface area is 156 Å². The molecule has 0 bridgehead atoms. The number of methoxy groups -OCH3 is 1. The van der Waals surface area contributed by atoms with Crippen LogP contribution in [-0.4, -0.2) is 24.5 Å². The van der Waals surface area contributed by atoms with Crippen LogP contribution in [-0.2, 0) is 9.59 Å². The van der Waals surface area contributed by atoms with Crippen molar-refractivity contribution in [3.8, 4) is 11.5 Å². The zero-order valence-corrected chi connectivity index (χ0v) is 15.4. The van der Waals surface area contributed by atoms with Gasteiger partial charge in [-0.2, -0.15) is 0 Å². The maximum atomic E-state index is 12.8. The van der Waals surface area contributed by atoms with Crippen LogP contribution < -0.4 is 20.1 Å². The second-order valence-corrected chi connectivity index (χ2v) is 6.64. The van der Waals surface area contributed by atoms with E-state index in [2.05, 4.69) is 10.6 Å². The van der Waals surface area contributed by atoms with Gasteiger partial charge in [0, 0.05) is 5.02 Å². The molecule has 1 aliphatic heterocycles. The van der Waals surface area contributed by atoms with Crippen LogP contribution in [0.3, 0.4) is 0 Å². The Balaban J connectivity index is 1.80. The summed E-state index contributed by atoms with van der Waals surface area (Å²) in [5.41, 5.74) is -0.396. The molecule has 2 amide bonds. The predicted molar refractivity (Wildman–Crippen MR) is 98.7 cm³/mol. The van der Waals surface area contributed by atoms with Crippen molar-refractivity contribution in [2.45, 2.75) is 25.5 Å². The minimum atomic E-state index is -1.69. The van der Waals surface area contributed by atoms with Crippen LogP contribution in [0, 0.1) is 0 Å². The number of halogens is 1. The summed E-state index contributed by atoms with van der Waals surface area (Å²) in [5.74, 6) is -0.0125. The molecule has 2 unspecified atom stereocenters. The zero-order valence-electron chi connectivity index (χ0n) is 14.6. The van der Waals surface area contributed by atoms with Gasteiger partial charge in [-0.25, -0.2) is 0 Å². The number of amides is 2. The second kappa shape index (κ2) is 6.88. The van der Waals surface area contributed by atoms with Crippen molar-refractivity contribution in [3.63, 3.8) is 0 Å². The third-order valence-corrected chi connectivity index (χ3v) is 4.55. The van der Waals surface area contributed by atoms with Crippen molar-refractivity contribution < 1.29 is 19.1 Å². The summed E-state index contributed by atoms with van der Waals surface area (Å²) in [4.78, 5) is 25.3. The Bertz CT molecular complexity index is 870. The Morgan fingerprint density at radius 2 is 2.08 bits per heavy atom. The van der Waals surface area contributed by atoms with Crippen LogP contribution in [0.5, 0.6) is 11.5 Å². The third kappa shape index (κ3) is 3.32. The average Bonchev–Trinajstić information content (AvgIpc) is 2.63. The van der Waals surface area contributed by atoms with E-state index in [-0.39, 0.29) is 6.04 Å². The molecule has 3 rings (SSSR count). The van der Waals surface area contributed by atoms with E-state index in [1.165, 1.54) is 6.92 Å². The fourth-order valence-electron chi connectivity index (χ4n) is 2.67. The smallest absolute Gasteiger partial charge is 0.278 e. The molecular formula is C19H19ClN2O4. The molecule has 2 aromatic rings. The molecule has 7 heteroatoms. The highest BCUT2D eigenvalue weighted by Crippen LogP contribution is 2.36. The Kier molecular flexibility index (Phi) is 4.78. The highest BCUT2D eigenvalue weighted by atomic mass is 35.5. The first-order valence-corrected chi connectivity index (χ1v) is 8.46. The fourth-order valence-corrected chi connectivity index (χ4v) is 2.85. The second-order valence-electron chi connectivity index (χ2n) is 6.20. The number of hydrogen-bond acceptors (Lipinski definition) is 4. The molecule has 2 N–H and O–H groups in total. The number of anilines is 1. The monoisotopic (exact) mass is 374 g/mol. The molecule has 1 aliphatic rings. The summed E-state index contributed by atoms with van der Waals surface area (Å²) in [6, 6.07) is 11.8. The maximum absolute atomic E-state index is 12.8. The van der Waals surface area contributed by atoms with E-state index < -0.39 is 17.4 Å². The van der Waals surface area contributed by atoms with Gasteiger partial charge in [-0.1, -0.05) is 23.7 Å². The topological polar surface area (TPSA) is 76.7 Å². The number of carbonyl (C=O) groups excluding carboxylic acids is 2. The van der Waals surface area contributed by atoms with E-state index >= 15 is 0 Å². The number of hydrogen-bond donors (Lipinski definition) is 2. The Morgan fingerprint density at radius 1 is 1.31 bits per heavy atom. The van der Waals surface area contributed by atoms with Crippen molar-refractivity contribution >= 4 is 29.1 Å². The van der Waals surface area contributed by atoms with E-state index in [9.17, 15) is 9.59 Å². The van der Waals surface area contributed by atoms with Crippen LogP contribution in [0.4, 0.5) is 5.69 Å². The van der Waals surface area contributed by atoms with Gasteiger partial charge < -0.3 is 20.1 Å². The summed E-state index contributed by atoms with van der Waals surface area (Å²) < 4.78 is 10.9. The molecule has 0 aliphatic carbocycles. The molecule has 0 radical (unpaired) electrons. The van der Waals surface area contributed by atoms with Gasteiger partial charge in [0.15, 0.2) is 0 Å². The van der Waals surface area contributed by atoms with Crippen LogP contribution >= 0.6 is 11.6 Å². The molecule has 0 aromatic heterocycles. The highest BCUT2D eigenvalue weighted by molar-refractivity contribution is 6.31. The fraction of sp³-hybridized carbons (Fsp3) is 0.263. The first kappa shape index (κ1) is 18.1. The Morgan fingerprint density at radius 3 is 2.81 bits per heavy atom. The molecule has 136 valence electrons. The van der Waals surface area contributed by atoms with Gasteiger partial charge in [-0.05, 0) is 49.7 Å². The first-order chi connectivity index (χ1) is 12.3. The van der Waals surface area contributed by atoms with Crippen LogP contribution in [0.25, 0.3) is 0 Å². The average molecular weight is 375 g/mol. The number of nitrogens with one attached hydrogen (secondary N) is 2. The number of rotatable bonds is 4. The van der Waals surface area contributed by atoms with Crippen molar-refractivity contribution in [2.24, 2.45) is 0 Å². The van der Waals surface area contributed by atoms with E-state index in [0.717, 1.165) is 5.56 Å². The molecule has 6 nitrogen and oxygen atoms in total. The molecule has 26 heavy (non-hydrogen) atoms. The lowest BCUT2D eigenvalue weighted by Crippen LogP contribution is -2.59. The highest BCUT2D eigenvalue weighted by Gasteiger charge is 2.47. The minimum absolute atomic E-state index is 0.336. The van der Waals surface area contributed by atoms with Crippen LogP contribution in [0.1, 0.15) is 25.5 Å². The van der Waals surface area contributed by atoms with Gasteiger partial charge in [0.25, 0.3) is 17.4 Å². The van der Waals surface area contributed by atoms with Gasteiger partial charge in [0.1, 0.15) is 11.5 Å². The lowest BCUT2D eigenvalue weighted by atomic mass is 10.00. The van der Waals surface area contributed by atoms with E-state index in [1.54, 1.807) is 25.3 Å². The molecular weight excluding hydrogens is 356 g/mol. The van der Waals surface area contributed by atoms with Gasteiger partial charge in [-0.3, -0.25) is 9.59 Å². The summed E-state index contributed by atoms with van der Waals surface area (Å²) >= 11 is 5.92. The molecule has 1 heterocycles. The van der Waals surface area contributed by atoms with Gasteiger partial charge >= 0.3 is 0 Å². The first-order valence-electron chi connectivity index (χ1n) is 8.08. The lowest BCUT2D eigenvalue weighted by molar-refractivity contribution is -0.147. The standard InChI is InChI=1S/C19H19ClN2O4/c1-11(12-5-4-6-14(9-12)25-3)21-17(23)19(2)18(24)22-15-10-13(20)7-8-16(15)26-19/h4-11H,1-3H3,(H,21,23)(H,22,24). The van der Waals surface area contributed by atoms with E-state index in [1.807, 2.05) is 31.2 Å². The minimum Gasteiger partial charge on any atom is -0.497 e. The molecule has 0 saturated carbocycles. The predicted octanol–water partition coefficient (Wildman–Crippen LogP) is 3.32. The number of fused-ring (bicyclic) bond motifs is 1. The molecule has 0 spiro atoms. The molecule has 0 saturated heterocycles. The van der Waals surface area contributed by atoms with Crippen LogP contribution in [0.15, 0.2) is 42.5 Å². The third-order valence-electron chi connectivity index (χ3n) is 4.31. The van der Waals surface area contributed by atoms with Crippen molar-refractivity contribution in [2.75, 3.05) is 12.4 Å². The summed E-state index contributed by atoms with van der Waals surface area (Å²) in [6.07, 6.45) is 0. The number of ether oxygens (including phenoxy) is 2. The number of benzene rings is 2. The quantitative estimate of drug-likeness (QED) is 0.805. The summed E-state index contributed by atoms with van der Waals surface area (Å²) in [5, 5.41) is 5.96. The van der Waals surface area contributed by atoms with Gasteiger partial charge in [-0.15, -0.1) is 0 Å². The summed E-state index contributed by atoms with van der Waals surface area (Å²) in [7, 11) is 1.58. The largest absolute Gasteiger partial charge is 0.497 e. The lowest BCUT2D eigenvalue weighted by Gasteiger charge is -2.34. The van der Waals surface area contributed by atoms with Crippen molar-refractivity contribution in [1.82, 2.24) is 5.32 Å². The number of carbonyl (C=O) groups is 2. The van der Waals surface area contributed by atoms with Crippen molar-refractivity contribution in [3.05, 3.63) is 53.1 Å². The maximum Gasteiger partial charge on any atom is 0.278 e. The van der Waals surface area contributed by atoms with Crippen LogP contribution in [0.2, 0.25) is 5.02 Å². The SMILES string of the molecule is COc1cccc(C(C)NC(=O)C2(C)Oc3ccc(Cl)cc3NC2=O)c1. The normalized spacial score (nSPS) is 19.6. The van der Waals surface area contributed by atoms with E-state index in [0.29, 0.717) is 22.2 Å². The van der Waals surface area contributed by atoms with Gasteiger partial charge in [0.2, 0.25) is 0 Å². The Hall–Kier alpha value is -2.73. The van der Waals surface area contributed by atoms with E-state index in [4.69, 9.17) is 21.1 Å². The zero-order chi connectivity index (χ0) is 18.9. The molecule has 0 fully saturated rings.